The van der Waals surface area contributed by atoms with Gasteiger partial charge >= 0.3 is 0 Å². The third-order valence-electron chi connectivity index (χ3n) is 5.43. The molecule has 0 radical (unpaired) electrons. The fourth-order valence-corrected chi connectivity index (χ4v) is 3.75. The van der Waals surface area contributed by atoms with Crippen LogP contribution in [0.2, 0.25) is 0 Å². The number of benzene rings is 3. The van der Waals surface area contributed by atoms with E-state index in [4.69, 9.17) is 9.47 Å². The molecule has 0 aliphatic rings. The van der Waals surface area contributed by atoms with Crippen molar-refractivity contribution >= 4 is 6.29 Å². The van der Waals surface area contributed by atoms with Crippen LogP contribution in [0.5, 0.6) is 5.75 Å². The number of ether oxygens (including phenoxy) is 2. The highest BCUT2D eigenvalue weighted by Crippen LogP contribution is 2.29. The minimum Gasteiger partial charge on any atom is -0.468 e. The summed E-state index contributed by atoms with van der Waals surface area (Å²) in [5.74, 6) is 0.759. The maximum atomic E-state index is 11.4. The summed E-state index contributed by atoms with van der Waals surface area (Å²) in [5.41, 5.74) is 3.09. The fourth-order valence-electron chi connectivity index (χ4n) is 3.75. The molecule has 3 nitrogen and oxygen atoms in total. The van der Waals surface area contributed by atoms with Crippen LogP contribution in [0.25, 0.3) is 11.1 Å². The van der Waals surface area contributed by atoms with E-state index in [0.29, 0.717) is 6.42 Å². The van der Waals surface area contributed by atoms with Crippen LogP contribution < -0.4 is 4.74 Å². The largest absolute Gasteiger partial charge is 0.468 e. The highest BCUT2D eigenvalue weighted by molar-refractivity contribution is 5.63. The van der Waals surface area contributed by atoms with Crippen molar-refractivity contribution in [1.82, 2.24) is 0 Å². The molecule has 0 fully saturated rings. The van der Waals surface area contributed by atoms with Crippen LogP contribution in [0.1, 0.15) is 38.2 Å². The van der Waals surface area contributed by atoms with Gasteiger partial charge in [-0.15, -0.1) is 0 Å². The lowest BCUT2D eigenvalue weighted by atomic mass is 9.87. The molecule has 3 aromatic rings. The van der Waals surface area contributed by atoms with Crippen molar-refractivity contribution < 1.29 is 14.3 Å². The summed E-state index contributed by atoms with van der Waals surface area (Å²) in [6.07, 6.45) is 4.79. The first kappa shape index (κ1) is 21.8. The fraction of sp³-hybridized carbons (Fsp3) is 0.296. The molecule has 3 aromatic carbocycles. The molecule has 30 heavy (non-hydrogen) atoms. The topological polar surface area (TPSA) is 35.5 Å². The highest BCUT2D eigenvalue weighted by atomic mass is 16.7. The van der Waals surface area contributed by atoms with Gasteiger partial charge in [-0.2, -0.15) is 0 Å². The predicted molar refractivity (Wildman–Crippen MR) is 122 cm³/mol. The van der Waals surface area contributed by atoms with Gasteiger partial charge in [0.2, 0.25) is 0 Å². The zero-order valence-corrected chi connectivity index (χ0v) is 17.6. The summed E-state index contributed by atoms with van der Waals surface area (Å²) in [6, 6.07) is 28.6. The van der Waals surface area contributed by atoms with Crippen LogP contribution >= 0.6 is 0 Å². The molecule has 1 unspecified atom stereocenters. The first-order valence-corrected chi connectivity index (χ1v) is 10.6. The van der Waals surface area contributed by atoms with Gasteiger partial charge in [0.15, 0.2) is 6.79 Å². The van der Waals surface area contributed by atoms with Crippen LogP contribution in [-0.2, 0) is 16.0 Å². The molecule has 3 heteroatoms. The molecule has 0 saturated carbocycles. The first-order valence-electron chi connectivity index (χ1n) is 10.6. The summed E-state index contributed by atoms with van der Waals surface area (Å²) in [5, 5.41) is 0. The third-order valence-corrected chi connectivity index (χ3v) is 5.43. The standard InChI is InChI=1S/C27H30O3/c1-2-18-27(20-21-28,19-17-23-9-5-3-6-10-23)30-22-29-26-15-13-25(14-16-26)24-11-7-4-8-12-24/h3-16,21H,2,17-20,22H2,1H3. The molecule has 0 amide bonds. The van der Waals surface area contributed by atoms with Gasteiger partial charge < -0.3 is 14.3 Å². The van der Waals surface area contributed by atoms with Crippen molar-refractivity contribution in [3.63, 3.8) is 0 Å². The molecule has 0 aliphatic heterocycles. The van der Waals surface area contributed by atoms with Crippen LogP contribution in [0.3, 0.4) is 0 Å². The molecule has 0 aliphatic carbocycles. The highest BCUT2D eigenvalue weighted by Gasteiger charge is 2.30. The summed E-state index contributed by atoms with van der Waals surface area (Å²) in [6.45, 7) is 2.25. The van der Waals surface area contributed by atoms with Gasteiger partial charge in [-0.1, -0.05) is 86.1 Å². The lowest BCUT2D eigenvalue weighted by molar-refractivity contribution is -0.132. The first-order chi connectivity index (χ1) is 14.7. The molecule has 0 saturated heterocycles. The Bertz CT molecular complexity index is 875. The smallest absolute Gasteiger partial charge is 0.189 e. The van der Waals surface area contributed by atoms with Crippen LogP contribution in [0.15, 0.2) is 84.9 Å². The molecule has 0 aromatic heterocycles. The maximum absolute atomic E-state index is 11.4. The average molecular weight is 403 g/mol. The van der Waals surface area contributed by atoms with Gasteiger partial charge in [-0.25, -0.2) is 0 Å². The quantitative estimate of drug-likeness (QED) is 0.257. The molecule has 3 rings (SSSR count). The van der Waals surface area contributed by atoms with E-state index in [2.05, 4.69) is 31.2 Å². The summed E-state index contributed by atoms with van der Waals surface area (Å²) >= 11 is 0. The van der Waals surface area contributed by atoms with E-state index >= 15 is 0 Å². The Morgan fingerprint density at radius 3 is 2.07 bits per heavy atom. The Hall–Kier alpha value is -2.91. The summed E-state index contributed by atoms with van der Waals surface area (Å²) in [4.78, 5) is 11.4. The zero-order chi connectivity index (χ0) is 21.1. The van der Waals surface area contributed by atoms with Crippen LogP contribution in [-0.4, -0.2) is 18.7 Å². The maximum Gasteiger partial charge on any atom is 0.189 e. The molecule has 0 spiro atoms. The molecule has 1 atom stereocenters. The van der Waals surface area contributed by atoms with Crippen LogP contribution in [0.4, 0.5) is 0 Å². The van der Waals surface area contributed by atoms with E-state index < -0.39 is 5.60 Å². The van der Waals surface area contributed by atoms with Crippen molar-refractivity contribution in [3.8, 4) is 16.9 Å². The molecule has 156 valence electrons. The van der Waals surface area contributed by atoms with Crippen molar-refractivity contribution in [1.29, 1.82) is 0 Å². The lowest BCUT2D eigenvalue weighted by Crippen LogP contribution is -2.35. The second kappa shape index (κ2) is 11.3. The summed E-state index contributed by atoms with van der Waals surface area (Å²) < 4.78 is 12.1. The number of carbonyl (C=O) groups is 1. The second-order valence-electron chi connectivity index (χ2n) is 7.59. The zero-order valence-electron chi connectivity index (χ0n) is 17.6. The number of hydrogen-bond donors (Lipinski definition) is 0. The number of aldehydes is 1. The Morgan fingerprint density at radius 1 is 0.800 bits per heavy atom. The average Bonchev–Trinajstić information content (AvgIpc) is 2.80. The lowest BCUT2D eigenvalue weighted by Gasteiger charge is -2.32. The Labute approximate surface area is 179 Å². The van der Waals surface area contributed by atoms with E-state index in [9.17, 15) is 4.79 Å². The number of hydrogen-bond acceptors (Lipinski definition) is 3. The monoisotopic (exact) mass is 402 g/mol. The van der Waals surface area contributed by atoms with E-state index in [0.717, 1.165) is 43.3 Å². The van der Waals surface area contributed by atoms with E-state index in [1.165, 1.54) is 11.1 Å². The SMILES string of the molecule is CCCC(CC=O)(CCc1ccccc1)OCOc1ccc(-c2ccccc2)cc1. The Morgan fingerprint density at radius 2 is 1.43 bits per heavy atom. The van der Waals surface area contributed by atoms with Crippen molar-refractivity contribution in [2.45, 2.75) is 44.6 Å². The van der Waals surface area contributed by atoms with E-state index in [1.807, 2.05) is 60.7 Å². The van der Waals surface area contributed by atoms with Gasteiger partial charge in [0.05, 0.1) is 5.60 Å². The third kappa shape index (κ3) is 6.30. The molecular weight excluding hydrogens is 372 g/mol. The molecule has 0 N–H and O–H groups in total. The molecule has 0 heterocycles. The van der Waals surface area contributed by atoms with E-state index in [1.54, 1.807) is 0 Å². The summed E-state index contributed by atoms with van der Waals surface area (Å²) in [7, 11) is 0. The second-order valence-corrected chi connectivity index (χ2v) is 7.59. The number of rotatable bonds is 12. The predicted octanol–water partition coefficient (Wildman–Crippen LogP) is 6.47. The molecule has 0 bridgehead atoms. The number of carbonyl (C=O) groups excluding carboxylic acids is 1. The van der Waals surface area contributed by atoms with Gasteiger partial charge in [0.25, 0.3) is 0 Å². The van der Waals surface area contributed by atoms with Gasteiger partial charge in [0.1, 0.15) is 12.0 Å². The minimum absolute atomic E-state index is 0.132. The molecular formula is C27H30O3. The van der Waals surface area contributed by atoms with E-state index in [-0.39, 0.29) is 6.79 Å². The van der Waals surface area contributed by atoms with Gasteiger partial charge in [0, 0.05) is 6.42 Å². The van der Waals surface area contributed by atoms with Gasteiger partial charge in [-0.05, 0) is 48.1 Å². The minimum atomic E-state index is -0.490. The normalized spacial score (nSPS) is 12.8. The van der Waals surface area contributed by atoms with Crippen molar-refractivity contribution in [3.05, 3.63) is 90.5 Å². The van der Waals surface area contributed by atoms with Crippen molar-refractivity contribution in [2.24, 2.45) is 0 Å². The Kier molecular flexibility index (Phi) is 8.22. The van der Waals surface area contributed by atoms with Gasteiger partial charge in [-0.3, -0.25) is 0 Å². The van der Waals surface area contributed by atoms with Crippen molar-refractivity contribution in [2.75, 3.05) is 6.79 Å². The Balaban J connectivity index is 1.59. The number of aryl methyl sites for hydroxylation is 1. The van der Waals surface area contributed by atoms with Crippen LogP contribution in [0, 0.1) is 0 Å².